The van der Waals surface area contributed by atoms with Crippen molar-refractivity contribution in [3.63, 3.8) is 0 Å². The second kappa shape index (κ2) is 12.8. The Morgan fingerprint density at radius 1 is 0.293 bits per heavy atom. The standard InChI is InChI=1S/C52H34N6/c1-5-15-35(16-6-1)51-53-54-52(36-17-7-2-8-18-36)58(51)40-27-25-39(26-28-40)57-49-34-48-44(41-23-13-14-24-47(41)56(48)38-21-11-4-12-22-38)33-45(49)42-29-30-46-43(50(42)57)31-32-55(46)37-19-9-3-10-20-37/h1-34H. The third kappa shape index (κ3) is 4.85. The Balaban J connectivity index is 1.14. The summed E-state index contributed by atoms with van der Waals surface area (Å²) in [6.07, 6.45) is 2.19. The van der Waals surface area contributed by atoms with Gasteiger partial charge in [-0.2, -0.15) is 0 Å². The summed E-state index contributed by atoms with van der Waals surface area (Å²) >= 11 is 0. The van der Waals surface area contributed by atoms with Crippen LogP contribution in [0.4, 0.5) is 0 Å². The quantitative estimate of drug-likeness (QED) is 0.170. The Morgan fingerprint density at radius 2 is 0.810 bits per heavy atom. The summed E-state index contributed by atoms with van der Waals surface area (Å²) in [5.41, 5.74) is 12.2. The van der Waals surface area contributed by atoms with Crippen LogP contribution in [0.5, 0.6) is 0 Å². The van der Waals surface area contributed by atoms with Crippen LogP contribution in [0.1, 0.15) is 0 Å². The van der Waals surface area contributed by atoms with Crippen molar-refractivity contribution in [1.82, 2.24) is 28.5 Å². The Morgan fingerprint density at radius 3 is 1.47 bits per heavy atom. The van der Waals surface area contributed by atoms with Crippen molar-refractivity contribution < 1.29 is 0 Å². The maximum Gasteiger partial charge on any atom is 0.168 e. The van der Waals surface area contributed by atoms with Crippen molar-refractivity contribution in [3.8, 4) is 45.5 Å². The van der Waals surface area contributed by atoms with Crippen LogP contribution in [0.3, 0.4) is 0 Å². The molecule has 12 aromatic rings. The van der Waals surface area contributed by atoms with E-state index in [1.54, 1.807) is 0 Å². The van der Waals surface area contributed by atoms with Gasteiger partial charge in [0.25, 0.3) is 0 Å². The number of hydrogen-bond donors (Lipinski definition) is 0. The molecular weight excluding hydrogens is 709 g/mol. The van der Waals surface area contributed by atoms with Gasteiger partial charge in [-0.1, -0.05) is 121 Å². The maximum atomic E-state index is 4.74. The molecule has 4 aromatic heterocycles. The average Bonchev–Trinajstić information content (AvgIpc) is 4.08. The Kier molecular flexibility index (Phi) is 7.13. The van der Waals surface area contributed by atoms with Crippen LogP contribution in [0.2, 0.25) is 0 Å². The average molecular weight is 743 g/mol. The number of para-hydroxylation sites is 3. The highest BCUT2D eigenvalue weighted by Gasteiger charge is 2.22. The van der Waals surface area contributed by atoms with E-state index in [0.717, 1.165) is 56.6 Å². The third-order valence-corrected chi connectivity index (χ3v) is 11.5. The number of nitrogens with zero attached hydrogens (tertiary/aromatic N) is 6. The number of benzene rings is 8. The van der Waals surface area contributed by atoms with E-state index in [-0.39, 0.29) is 0 Å². The molecular formula is C52H34N6. The molecule has 0 unspecified atom stereocenters. The Hall–Kier alpha value is -7.96. The Bertz CT molecular complexity index is 3410. The van der Waals surface area contributed by atoms with Crippen LogP contribution in [0.25, 0.3) is 100 Å². The lowest BCUT2D eigenvalue weighted by Crippen LogP contribution is -2.01. The fourth-order valence-corrected chi connectivity index (χ4v) is 8.95. The normalized spacial score (nSPS) is 11.8. The summed E-state index contributed by atoms with van der Waals surface area (Å²) < 4.78 is 9.32. The fraction of sp³-hybridized carbons (Fsp3) is 0. The van der Waals surface area contributed by atoms with Crippen molar-refractivity contribution in [2.45, 2.75) is 0 Å². The van der Waals surface area contributed by atoms with Gasteiger partial charge in [-0.05, 0) is 78.9 Å². The van der Waals surface area contributed by atoms with Crippen molar-refractivity contribution in [2.24, 2.45) is 0 Å². The van der Waals surface area contributed by atoms with Gasteiger partial charge in [0.2, 0.25) is 0 Å². The minimum absolute atomic E-state index is 0.796. The molecule has 0 aliphatic carbocycles. The number of aromatic nitrogens is 6. The molecule has 0 spiro atoms. The van der Waals surface area contributed by atoms with Gasteiger partial charge in [-0.15, -0.1) is 10.2 Å². The summed E-state index contributed by atoms with van der Waals surface area (Å²) in [6.45, 7) is 0. The number of hydrogen-bond acceptors (Lipinski definition) is 2. The molecule has 0 fully saturated rings. The predicted octanol–water partition coefficient (Wildman–Crippen LogP) is 12.7. The van der Waals surface area contributed by atoms with Crippen LogP contribution in [0, 0.1) is 0 Å². The van der Waals surface area contributed by atoms with Crippen LogP contribution in [-0.2, 0) is 0 Å². The monoisotopic (exact) mass is 742 g/mol. The zero-order chi connectivity index (χ0) is 38.2. The van der Waals surface area contributed by atoms with Crippen LogP contribution in [0.15, 0.2) is 206 Å². The maximum absolute atomic E-state index is 4.74. The molecule has 6 nitrogen and oxygen atoms in total. The zero-order valence-corrected chi connectivity index (χ0v) is 31.3. The molecule has 0 bridgehead atoms. The lowest BCUT2D eigenvalue weighted by molar-refractivity contribution is 1.07. The molecule has 8 aromatic carbocycles. The molecule has 0 radical (unpaired) electrons. The molecule has 0 N–H and O–H groups in total. The van der Waals surface area contributed by atoms with Crippen LogP contribution in [-0.4, -0.2) is 28.5 Å². The summed E-state index contributed by atoms with van der Waals surface area (Å²) in [5.74, 6) is 1.59. The first-order valence-corrected chi connectivity index (χ1v) is 19.6. The molecule has 0 aliphatic rings. The molecule has 0 saturated heterocycles. The summed E-state index contributed by atoms with van der Waals surface area (Å²) in [7, 11) is 0. The Labute approximate surface area is 333 Å². The molecule has 4 heterocycles. The number of rotatable bonds is 6. The first-order valence-electron chi connectivity index (χ1n) is 19.6. The smallest absolute Gasteiger partial charge is 0.168 e. The van der Waals surface area contributed by atoms with Crippen molar-refractivity contribution >= 4 is 54.5 Å². The van der Waals surface area contributed by atoms with Gasteiger partial charge in [0, 0.05) is 67.0 Å². The molecule has 0 aliphatic heterocycles. The van der Waals surface area contributed by atoms with Gasteiger partial charge in [-0.3, -0.25) is 4.57 Å². The molecule has 0 saturated carbocycles. The molecule has 12 rings (SSSR count). The summed E-state index contributed by atoms with van der Waals surface area (Å²) in [4.78, 5) is 0. The van der Waals surface area contributed by atoms with E-state index >= 15 is 0 Å². The van der Waals surface area contributed by atoms with E-state index < -0.39 is 0 Å². The number of fused-ring (bicyclic) bond motifs is 8. The van der Waals surface area contributed by atoms with E-state index in [1.807, 2.05) is 36.4 Å². The van der Waals surface area contributed by atoms with Gasteiger partial charge >= 0.3 is 0 Å². The zero-order valence-electron chi connectivity index (χ0n) is 31.3. The topological polar surface area (TPSA) is 45.5 Å². The first-order chi connectivity index (χ1) is 28.8. The minimum Gasteiger partial charge on any atom is -0.316 e. The van der Waals surface area contributed by atoms with Crippen LogP contribution >= 0.6 is 0 Å². The SMILES string of the molecule is c1ccc(-c2nnc(-c3ccccc3)n2-c2ccc(-n3c4cc5c(cc4c4ccc6c(ccn6-c6ccccc6)c43)c3ccccc3n5-c3ccccc3)cc2)cc1. The van der Waals surface area contributed by atoms with E-state index in [4.69, 9.17) is 10.2 Å². The lowest BCUT2D eigenvalue weighted by atomic mass is 10.1. The van der Waals surface area contributed by atoms with Crippen molar-refractivity contribution in [2.75, 3.05) is 0 Å². The molecule has 58 heavy (non-hydrogen) atoms. The highest BCUT2D eigenvalue weighted by Crippen LogP contribution is 2.42. The predicted molar refractivity (Wildman–Crippen MR) is 238 cm³/mol. The molecule has 0 amide bonds. The van der Waals surface area contributed by atoms with Crippen molar-refractivity contribution in [3.05, 3.63) is 206 Å². The van der Waals surface area contributed by atoms with E-state index in [9.17, 15) is 0 Å². The second-order valence-electron chi connectivity index (χ2n) is 14.8. The van der Waals surface area contributed by atoms with E-state index in [2.05, 4.69) is 188 Å². The molecule has 0 atom stereocenters. The van der Waals surface area contributed by atoms with Gasteiger partial charge in [0.15, 0.2) is 11.6 Å². The van der Waals surface area contributed by atoms with Gasteiger partial charge in [0.1, 0.15) is 0 Å². The summed E-state index contributed by atoms with van der Waals surface area (Å²) in [6, 6.07) is 71.1. The van der Waals surface area contributed by atoms with E-state index in [1.165, 1.54) is 43.5 Å². The van der Waals surface area contributed by atoms with Gasteiger partial charge in [-0.25, -0.2) is 0 Å². The summed E-state index contributed by atoms with van der Waals surface area (Å²) in [5, 5.41) is 15.6. The first kappa shape index (κ1) is 32.3. The van der Waals surface area contributed by atoms with Gasteiger partial charge in [0.05, 0.1) is 27.6 Å². The third-order valence-electron chi connectivity index (χ3n) is 11.5. The highest BCUT2D eigenvalue weighted by atomic mass is 15.3. The second-order valence-corrected chi connectivity index (χ2v) is 14.8. The van der Waals surface area contributed by atoms with Crippen LogP contribution < -0.4 is 0 Å². The lowest BCUT2D eigenvalue weighted by Gasteiger charge is -2.14. The fourth-order valence-electron chi connectivity index (χ4n) is 8.95. The van der Waals surface area contributed by atoms with Gasteiger partial charge < -0.3 is 13.7 Å². The van der Waals surface area contributed by atoms with Crippen molar-refractivity contribution in [1.29, 1.82) is 0 Å². The van der Waals surface area contributed by atoms with E-state index in [0.29, 0.717) is 0 Å². The molecule has 6 heteroatoms. The largest absolute Gasteiger partial charge is 0.316 e. The molecule has 272 valence electrons. The minimum atomic E-state index is 0.796. The highest BCUT2D eigenvalue weighted by molar-refractivity contribution is 6.23.